The van der Waals surface area contributed by atoms with E-state index < -0.39 is 13.3 Å². The van der Waals surface area contributed by atoms with Crippen LogP contribution in [0.3, 0.4) is 0 Å². The van der Waals surface area contributed by atoms with Crippen LogP contribution in [0.2, 0.25) is 17.3 Å². The zero-order chi connectivity index (χ0) is 33.1. The second-order valence-electron chi connectivity index (χ2n) is 13.0. The summed E-state index contributed by atoms with van der Waals surface area (Å²) in [7, 11) is 0. The normalized spacial score (nSPS) is 11.1. The van der Waals surface area contributed by atoms with Gasteiger partial charge < -0.3 is 9.40 Å². The first kappa shape index (κ1) is 34.3. The van der Waals surface area contributed by atoms with E-state index in [2.05, 4.69) is 131 Å². The zero-order valence-corrected chi connectivity index (χ0v) is 32.5. The van der Waals surface area contributed by atoms with Gasteiger partial charge in [0.15, 0.2) is 0 Å². The number of furan rings is 1. The molecule has 0 aliphatic rings. The number of aryl methyl sites for hydroxylation is 1. The number of hydrogen-bond donors (Lipinski definition) is 0. The molecule has 49 heavy (non-hydrogen) atoms. The van der Waals surface area contributed by atoms with Crippen LogP contribution in [0, 0.1) is 19.1 Å². The van der Waals surface area contributed by atoms with Gasteiger partial charge in [-0.05, 0) is 28.5 Å². The van der Waals surface area contributed by atoms with Gasteiger partial charge in [-0.15, -0.1) is 18.2 Å². The molecule has 5 aromatic carbocycles. The summed E-state index contributed by atoms with van der Waals surface area (Å²) in [6.45, 7) is 2.19. The first-order valence-corrected chi connectivity index (χ1v) is 23.6. The van der Waals surface area contributed by atoms with Gasteiger partial charge in [-0.1, -0.05) is 95.9 Å². The summed E-state index contributed by atoms with van der Waals surface area (Å²) in [4.78, 5) is 9.24. The SMILES string of the molecule is Cc1cc(-c2[c-]cccc2)nc[c]1[Ge]([CH3])([CH3])[CH3].[Ir].[c-]1ccc2c(oc3c(-c4ccccc4)cccc32)c1-c1cc(-c2ccccc2)ccn1. The van der Waals surface area contributed by atoms with Crippen molar-refractivity contribution >= 4 is 39.6 Å². The molecular formula is C44H36GeIrN2O-2. The molecule has 3 heterocycles. The Kier molecular flexibility index (Phi) is 10.4. The second kappa shape index (κ2) is 14.9. The molecular weight excluding hydrogens is 837 g/mol. The average Bonchev–Trinajstić information content (AvgIpc) is 3.52. The largest absolute Gasteiger partial charge is 0.500 e. The van der Waals surface area contributed by atoms with Crippen LogP contribution in [0.15, 0.2) is 150 Å². The van der Waals surface area contributed by atoms with Crippen molar-refractivity contribution in [1.29, 1.82) is 0 Å². The average molecular weight is 874 g/mol. The van der Waals surface area contributed by atoms with Gasteiger partial charge in [0.05, 0.1) is 5.58 Å². The van der Waals surface area contributed by atoms with E-state index in [9.17, 15) is 0 Å². The van der Waals surface area contributed by atoms with E-state index in [1.807, 2.05) is 60.8 Å². The Balaban J connectivity index is 0.000000198. The molecule has 0 aliphatic heterocycles. The van der Waals surface area contributed by atoms with Gasteiger partial charge in [-0.25, -0.2) is 0 Å². The number of fused-ring (bicyclic) bond motifs is 3. The second-order valence-corrected chi connectivity index (χ2v) is 23.5. The third kappa shape index (κ3) is 7.38. The van der Waals surface area contributed by atoms with Crippen molar-refractivity contribution in [3.05, 3.63) is 164 Å². The van der Waals surface area contributed by atoms with E-state index in [0.29, 0.717) is 0 Å². The molecule has 0 amide bonds. The van der Waals surface area contributed by atoms with Crippen molar-refractivity contribution in [3.63, 3.8) is 0 Å². The number of benzene rings is 5. The van der Waals surface area contributed by atoms with Crippen LogP contribution >= 0.6 is 0 Å². The molecule has 0 atom stereocenters. The van der Waals surface area contributed by atoms with E-state index in [-0.39, 0.29) is 20.1 Å². The van der Waals surface area contributed by atoms with Crippen LogP contribution in [0.1, 0.15) is 5.56 Å². The van der Waals surface area contributed by atoms with Crippen LogP contribution in [0.25, 0.3) is 66.7 Å². The van der Waals surface area contributed by atoms with Gasteiger partial charge in [0, 0.05) is 37.3 Å². The third-order valence-corrected chi connectivity index (χ3v) is 13.1. The molecule has 0 bridgehead atoms. The number of aromatic nitrogens is 2. The fourth-order valence-electron chi connectivity index (χ4n) is 6.22. The molecule has 0 aliphatic carbocycles. The molecule has 243 valence electrons. The quantitative estimate of drug-likeness (QED) is 0.128. The van der Waals surface area contributed by atoms with Crippen molar-refractivity contribution in [2.75, 3.05) is 0 Å². The minimum atomic E-state index is -1.77. The van der Waals surface area contributed by atoms with Gasteiger partial charge in [0.25, 0.3) is 0 Å². The van der Waals surface area contributed by atoms with Gasteiger partial charge in [-0.3, -0.25) is 0 Å². The molecule has 5 heteroatoms. The Morgan fingerprint density at radius 2 is 1.31 bits per heavy atom. The van der Waals surface area contributed by atoms with Crippen LogP contribution < -0.4 is 4.40 Å². The van der Waals surface area contributed by atoms with E-state index in [0.717, 1.165) is 66.7 Å². The summed E-state index contributed by atoms with van der Waals surface area (Å²) >= 11 is -1.77. The fourth-order valence-corrected chi connectivity index (χ4v) is 9.80. The fraction of sp³-hybridized carbons (Fsp3) is 0.0909. The van der Waals surface area contributed by atoms with Crippen molar-refractivity contribution < 1.29 is 24.5 Å². The minimum absolute atomic E-state index is 0. The third-order valence-electron chi connectivity index (χ3n) is 8.57. The molecule has 8 rings (SSSR count). The molecule has 0 unspecified atom stereocenters. The number of pyridine rings is 2. The Morgan fingerprint density at radius 3 is 2.00 bits per heavy atom. The number of rotatable bonds is 5. The summed E-state index contributed by atoms with van der Waals surface area (Å²) in [6.07, 6.45) is 3.92. The predicted molar refractivity (Wildman–Crippen MR) is 203 cm³/mol. The smallest absolute Gasteiger partial charge is 0.128 e. The molecule has 0 fully saturated rings. The van der Waals surface area contributed by atoms with E-state index in [1.54, 1.807) is 0 Å². The van der Waals surface area contributed by atoms with E-state index in [1.165, 1.54) is 9.96 Å². The molecule has 0 saturated heterocycles. The monoisotopic (exact) mass is 875 g/mol. The van der Waals surface area contributed by atoms with Gasteiger partial charge in [0.2, 0.25) is 0 Å². The first-order valence-electron chi connectivity index (χ1n) is 16.2. The molecule has 3 nitrogen and oxygen atoms in total. The summed E-state index contributed by atoms with van der Waals surface area (Å²) in [5, 5.41) is 2.18. The molecule has 0 saturated carbocycles. The molecule has 3 aromatic heterocycles. The van der Waals surface area contributed by atoms with Crippen molar-refractivity contribution in [2.24, 2.45) is 0 Å². The summed E-state index contributed by atoms with van der Waals surface area (Å²) < 4.78 is 7.99. The molecule has 0 spiro atoms. The van der Waals surface area contributed by atoms with Crippen molar-refractivity contribution in [2.45, 2.75) is 24.2 Å². The van der Waals surface area contributed by atoms with Crippen LogP contribution in [0.5, 0.6) is 0 Å². The van der Waals surface area contributed by atoms with Crippen molar-refractivity contribution in [3.8, 4) is 44.8 Å². The number of nitrogens with zero attached hydrogens (tertiary/aromatic N) is 2. The molecule has 0 N–H and O–H groups in total. The summed E-state index contributed by atoms with van der Waals surface area (Å²) in [5.41, 5.74) is 11.4. The molecule has 1 radical (unpaired) electrons. The summed E-state index contributed by atoms with van der Waals surface area (Å²) in [6, 6.07) is 51.9. The van der Waals surface area contributed by atoms with Crippen LogP contribution in [0.4, 0.5) is 0 Å². The van der Waals surface area contributed by atoms with Gasteiger partial charge in [-0.2, -0.15) is 0 Å². The first-order chi connectivity index (χ1) is 23.4. The maximum atomic E-state index is 6.50. The zero-order valence-electron chi connectivity index (χ0n) is 28.0. The minimum Gasteiger partial charge on any atom is -0.500 e. The number of para-hydroxylation sites is 1. The van der Waals surface area contributed by atoms with Crippen LogP contribution in [-0.4, -0.2) is 23.2 Å². The topological polar surface area (TPSA) is 38.9 Å². The predicted octanol–water partition coefficient (Wildman–Crippen LogP) is 11.2. The van der Waals surface area contributed by atoms with E-state index in [4.69, 9.17) is 4.42 Å². The van der Waals surface area contributed by atoms with Crippen molar-refractivity contribution in [1.82, 2.24) is 9.97 Å². The van der Waals surface area contributed by atoms with E-state index >= 15 is 0 Å². The van der Waals surface area contributed by atoms with Gasteiger partial charge in [0.1, 0.15) is 5.58 Å². The van der Waals surface area contributed by atoms with Gasteiger partial charge >= 0.3 is 106 Å². The maximum Gasteiger partial charge on any atom is 0.128 e. The Morgan fingerprint density at radius 1 is 0.592 bits per heavy atom. The van der Waals surface area contributed by atoms with Crippen LogP contribution in [-0.2, 0) is 20.1 Å². The maximum absolute atomic E-state index is 6.50. The standard InChI is InChI=1S/C29H18NO.C15H18GeN.Ir/c1-3-9-20(10-4-1)22-17-18-30-27(19-22)26-16-8-15-25-24-14-7-13-23(28(24)31-29(25)26)21-11-5-2-6-12-21;1-12-10-15(13-8-6-5-7-9-13)17-11-14(12)16(2,3)4;/h1-15,17-19H;5-8,10-11H,1-4H3;/q2*-1;. The Bertz CT molecular complexity index is 2330. The summed E-state index contributed by atoms with van der Waals surface area (Å²) in [5.74, 6) is 7.20. The molecule has 8 aromatic rings. The number of hydrogen-bond acceptors (Lipinski definition) is 3. The Labute approximate surface area is 304 Å². The Hall–Kier alpha value is -4.61.